The molecule has 100 valence electrons. The van der Waals surface area contributed by atoms with Crippen LogP contribution in [0.3, 0.4) is 0 Å². The zero-order chi connectivity index (χ0) is 14.0. The van der Waals surface area contributed by atoms with E-state index in [2.05, 4.69) is 15.9 Å². The van der Waals surface area contributed by atoms with Crippen molar-refractivity contribution < 1.29 is 9.13 Å². The Hall–Kier alpha value is -1.06. The molecular formula is C15H13BrClFO. The first-order valence-electron chi connectivity index (χ1n) is 5.76. The number of halogens is 3. The van der Waals surface area contributed by atoms with Crippen LogP contribution in [-0.4, -0.2) is 7.11 Å². The molecule has 0 spiro atoms. The maximum absolute atomic E-state index is 13.8. The number of hydrogen-bond donors (Lipinski definition) is 0. The molecule has 0 N–H and O–H groups in total. The lowest BCUT2D eigenvalue weighted by molar-refractivity contribution is 0.411. The molecule has 1 atom stereocenters. The first-order chi connectivity index (χ1) is 9.02. The van der Waals surface area contributed by atoms with Gasteiger partial charge < -0.3 is 4.74 Å². The fourth-order valence-corrected chi connectivity index (χ4v) is 2.63. The molecule has 4 heteroatoms. The molecule has 0 aliphatic carbocycles. The van der Waals surface area contributed by atoms with Crippen molar-refractivity contribution in [3.8, 4) is 5.75 Å². The molecule has 0 bridgehead atoms. The minimum atomic E-state index is -0.526. The summed E-state index contributed by atoms with van der Waals surface area (Å²) < 4.78 is 19.8. The van der Waals surface area contributed by atoms with Crippen molar-refractivity contribution in [3.05, 3.63) is 63.4 Å². The fourth-order valence-electron chi connectivity index (χ4n) is 1.95. The van der Waals surface area contributed by atoms with Gasteiger partial charge in [0.1, 0.15) is 11.6 Å². The SMILES string of the molecule is COc1ccc(C(Cl)c2cc(Br)ccc2F)cc1C. The van der Waals surface area contributed by atoms with E-state index in [1.807, 2.05) is 25.1 Å². The van der Waals surface area contributed by atoms with Crippen LogP contribution in [0.25, 0.3) is 0 Å². The molecule has 1 nitrogen and oxygen atoms in total. The van der Waals surface area contributed by atoms with Crippen LogP contribution in [-0.2, 0) is 0 Å². The second-order valence-corrected chi connectivity index (χ2v) is 5.61. The highest BCUT2D eigenvalue weighted by atomic mass is 79.9. The lowest BCUT2D eigenvalue weighted by atomic mass is 10.0. The summed E-state index contributed by atoms with van der Waals surface area (Å²) in [7, 11) is 1.62. The molecule has 2 aromatic rings. The summed E-state index contributed by atoms with van der Waals surface area (Å²) in [6, 6.07) is 10.4. The second-order valence-electron chi connectivity index (χ2n) is 4.26. The predicted octanol–water partition coefficient (Wildman–Crippen LogP) is 5.23. The molecule has 19 heavy (non-hydrogen) atoms. The number of aryl methyl sites for hydroxylation is 1. The Labute approximate surface area is 125 Å². The second kappa shape index (κ2) is 5.93. The largest absolute Gasteiger partial charge is 0.496 e. The third kappa shape index (κ3) is 3.10. The minimum absolute atomic E-state index is 0.309. The number of ether oxygens (including phenoxy) is 1. The monoisotopic (exact) mass is 342 g/mol. The topological polar surface area (TPSA) is 9.23 Å². The molecule has 2 rings (SSSR count). The van der Waals surface area contributed by atoms with Gasteiger partial charge >= 0.3 is 0 Å². The number of rotatable bonds is 3. The lowest BCUT2D eigenvalue weighted by Crippen LogP contribution is -1.98. The summed E-state index contributed by atoms with van der Waals surface area (Å²) in [4.78, 5) is 0. The van der Waals surface area contributed by atoms with Gasteiger partial charge in [-0.25, -0.2) is 4.39 Å². The Kier molecular flexibility index (Phi) is 4.48. The van der Waals surface area contributed by atoms with Gasteiger partial charge in [-0.15, -0.1) is 11.6 Å². The summed E-state index contributed by atoms with van der Waals surface area (Å²) >= 11 is 9.70. The Morgan fingerprint density at radius 2 is 1.95 bits per heavy atom. The van der Waals surface area contributed by atoms with Crippen LogP contribution in [0.5, 0.6) is 5.75 Å². The summed E-state index contributed by atoms with van der Waals surface area (Å²) in [5.41, 5.74) is 2.28. The van der Waals surface area contributed by atoms with Crippen molar-refractivity contribution in [1.29, 1.82) is 0 Å². The van der Waals surface area contributed by atoms with Crippen molar-refractivity contribution in [2.24, 2.45) is 0 Å². The Balaban J connectivity index is 2.41. The number of methoxy groups -OCH3 is 1. The number of benzene rings is 2. The molecule has 1 unspecified atom stereocenters. The summed E-state index contributed by atoms with van der Waals surface area (Å²) in [5, 5.41) is -0.526. The molecule has 0 amide bonds. The average molecular weight is 344 g/mol. The van der Waals surface area contributed by atoms with Crippen LogP contribution < -0.4 is 4.74 Å². The zero-order valence-electron chi connectivity index (χ0n) is 10.6. The summed E-state index contributed by atoms with van der Waals surface area (Å²) in [6.45, 7) is 1.93. The van der Waals surface area contributed by atoms with Crippen LogP contribution in [0.4, 0.5) is 4.39 Å². The van der Waals surface area contributed by atoms with Crippen molar-refractivity contribution >= 4 is 27.5 Å². The van der Waals surface area contributed by atoms with Crippen LogP contribution in [0, 0.1) is 12.7 Å². The van der Waals surface area contributed by atoms with Gasteiger partial charge in [0.2, 0.25) is 0 Å². The van der Waals surface area contributed by atoms with Crippen LogP contribution >= 0.6 is 27.5 Å². The van der Waals surface area contributed by atoms with Gasteiger partial charge in [0.05, 0.1) is 12.5 Å². The van der Waals surface area contributed by atoms with Gasteiger partial charge in [-0.2, -0.15) is 0 Å². The van der Waals surface area contributed by atoms with E-state index >= 15 is 0 Å². The van der Waals surface area contributed by atoms with Crippen LogP contribution in [0.2, 0.25) is 0 Å². The van der Waals surface area contributed by atoms with Crippen molar-refractivity contribution in [2.75, 3.05) is 7.11 Å². The molecule has 2 aromatic carbocycles. The highest BCUT2D eigenvalue weighted by Gasteiger charge is 2.16. The van der Waals surface area contributed by atoms with E-state index < -0.39 is 5.38 Å². The van der Waals surface area contributed by atoms with E-state index in [0.29, 0.717) is 5.56 Å². The number of alkyl halides is 1. The van der Waals surface area contributed by atoms with Gasteiger partial charge in [-0.3, -0.25) is 0 Å². The summed E-state index contributed by atoms with van der Waals surface area (Å²) in [5.74, 6) is 0.485. The quantitative estimate of drug-likeness (QED) is 0.693. The average Bonchev–Trinajstić information content (AvgIpc) is 2.40. The van der Waals surface area contributed by atoms with Gasteiger partial charge in [0.25, 0.3) is 0 Å². The first kappa shape index (κ1) is 14.4. The van der Waals surface area contributed by atoms with Crippen LogP contribution in [0.15, 0.2) is 40.9 Å². The lowest BCUT2D eigenvalue weighted by Gasteiger charge is -2.14. The Bertz CT molecular complexity index is 601. The van der Waals surface area contributed by atoms with Crippen LogP contribution in [0.1, 0.15) is 22.1 Å². The highest BCUT2D eigenvalue weighted by molar-refractivity contribution is 9.10. The molecular weight excluding hydrogens is 331 g/mol. The maximum atomic E-state index is 13.8. The predicted molar refractivity (Wildman–Crippen MR) is 79.5 cm³/mol. The molecule has 0 aliphatic heterocycles. The fraction of sp³-hybridized carbons (Fsp3) is 0.200. The van der Waals surface area contributed by atoms with Gasteiger partial charge in [0, 0.05) is 10.0 Å². The molecule has 0 fully saturated rings. The van der Waals surface area contributed by atoms with Crippen molar-refractivity contribution in [1.82, 2.24) is 0 Å². The Morgan fingerprint density at radius 3 is 2.58 bits per heavy atom. The Morgan fingerprint density at radius 1 is 1.21 bits per heavy atom. The third-order valence-corrected chi connectivity index (χ3v) is 3.92. The molecule has 0 heterocycles. The van der Waals surface area contributed by atoms with Gasteiger partial charge in [-0.1, -0.05) is 28.1 Å². The van der Waals surface area contributed by atoms with Gasteiger partial charge in [0.15, 0.2) is 0 Å². The zero-order valence-corrected chi connectivity index (χ0v) is 12.9. The molecule has 0 radical (unpaired) electrons. The van der Waals surface area contributed by atoms with Crippen molar-refractivity contribution in [3.63, 3.8) is 0 Å². The maximum Gasteiger partial charge on any atom is 0.128 e. The van der Waals surface area contributed by atoms with E-state index in [1.165, 1.54) is 6.07 Å². The highest BCUT2D eigenvalue weighted by Crippen LogP contribution is 2.34. The smallest absolute Gasteiger partial charge is 0.128 e. The molecule has 0 aliphatic rings. The first-order valence-corrected chi connectivity index (χ1v) is 6.99. The third-order valence-electron chi connectivity index (χ3n) is 2.94. The van der Waals surface area contributed by atoms with Gasteiger partial charge in [-0.05, 0) is 42.3 Å². The van der Waals surface area contributed by atoms with Crippen molar-refractivity contribution in [2.45, 2.75) is 12.3 Å². The summed E-state index contributed by atoms with van der Waals surface area (Å²) in [6.07, 6.45) is 0. The molecule has 0 saturated heterocycles. The van der Waals surface area contributed by atoms with E-state index in [9.17, 15) is 4.39 Å². The number of hydrogen-bond acceptors (Lipinski definition) is 1. The van der Waals surface area contributed by atoms with E-state index in [4.69, 9.17) is 16.3 Å². The molecule has 0 aromatic heterocycles. The van der Waals surface area contributed by atoms with E-state index in [1.54, 1.807) is 19.2 Å². The molecule has 0 saturated carbocycles. The minimum Gasteiger partial charge on any atom is -0.496 e. The standard InChI is InChI=1S/C15H13BrClFO/c1-9-7-10(3-6-14(9)19-2)15(17)12-8-11(16)4-5-13(12)18/h3-8,15H,1-2H3. The normalized spacial score (nSPS) is 12.3. The van der Waals surface area contributed by atoms with E-state index in [0.717, 1.165) is 21.3 Å². The van der Waals surface area contributed by atoms with E-state index in [-0.39, 0.29) is 5.82 Å².